The maximum Gasteiger partial charge on any atom is 0.207 e. The predicted octanol–water partition coefficient (Wildman–Crippen LogP) is 2.23. The summed E-state index contributed by atoms with van der Waals surface area (Å²) in [4.78, 5) is 13.7. The number of aromatic amines is 1. The first-order chi connectivity index (χ1) is 7.62. The Labute approximate surface area is 94.9 Å². The van der Waals surface area contributed by atoms with Crippen molar-refractivity contribution in [3.05, 3.63) is 36.0 Å². The van der Waals surface area contributed by atoms with Gasteiger partial charge in [0.15, 0.2) is 0 Å². The first kappa shape index (κ1) is 10.7. The molecule has 0 aliphatic rings. The Hall–Kier alpha value is -1.77. The van der Waals surface area contributed by atoms with E-state index in [4.69, 9.17) is 0 Å². The molecule has 2 aromatic rings. The molecule has 16 heavy (non-hydrogen) atoms. The lowest BCUT2D eigenvalue weighted by Gasteiger charge is -2.23. The highest BCUT2D eigenvalue weighted by molar-refractivity contribution is 5.83. The number of carbonyl (C=O) groups is 1. The normalized spacial score (nSPS) is 11.6. The van der Waals surface area contributed by atoms with E-state index in [-0.39, 0.29) is 5.54 Å². The van der Waals surface area contributed by atoms with Crippen molar-refractivity contribution in [3.63, 3.8) is 0 Å². The maximum absolute atomic E-state index is 10.5. The van der Waals surface area contributed by atoms with Gasteiger partial charge in [0.1, 0.15) is 0 Å². The van der Waals surface area contributed by atoms with Gasteiger partial charge in [-0.05, 0) is 31.9 Å². The highest BCUT2D eigenvalue weighted by Gasteiger charge is 2.18. The predicted molar refractivity (Wildman–Crippen MR) is 65.3 cm³/mol. The molecule has 0 spiro atoms. The van der Waals surface area contributed by atoms with Crippen molar-refractivity contribution in [1.82, 2.24) is 10.3 Å². The van der Waals surface area contributed by atoms with Crippen molar-refractivity contribution in [2.45, 2.75) is 25.8 Å². The highest BCUT2D eigenvalue weighted by atomic mass is 16.1. The van der Waals surface area contributed by atoms with Gasteiger partial charge in [0.25, 0.3) is 0 Å². The number of rotatable bonds is 4. The summed E-state index contributed by atoms with van der Waals surface area (Å²) in [7, 11) is 0. The van der Waals surface area contributed by atoms with E-state index in [1.807, 2.05) is 32.2 Å². The minimum Gasteiger partial charge on any atom is -0.361 e. The molecule has 0 aliphatic carbocycles. The third kappa shape index (κ3) is 2.08. The zero-order valence-electron chi connectivity index (χ0n) is 9.58. The van der Waals surface area contributed by atoms with E-state index >= 15 is 0 Å². The SMILES string of the molecule is CC(C)(Cc1c[nH]c2ccccc12)NC=O. The first-order valence-corrected chi connectivity index (χ1v) is 5.39. The molecule has 0 saturated carbocycles. The minimum atomic E-state index is -0.216. The number of hydrogen-bond acceptors (Lipinski definition) is 1. The molecular weight excluding hydrogens is 200 g/mol. The molecule has 0 atom stereocenters. The van der Waals surface area contributed by atoms with E-state index in [2.05, 4.69) is 22.4 Å². The van der Waals surface area contributed by atoms with Gasteiger partial charge in [-0.3, -0.25) is 4.79 Å². The first-order valence-electron chi connectivity index (χ1n) is 5.39. The molecule has 2 N–H and O–H groups in total. The molecule has 3 heteroatoms. The molecule has 0 saturated heterocycles. The number of para-hydroxylation sites is 1. The monoisotopic (exact) mass is 216 g/mol. The van der Waals surface area contributed by atoms with Crippen LogP contribution in [0.25, 0.3) is 10.9 Å². The lowest BCUT2D eigenvalue weighted by molar-refractivity contribution is -0.110. The second-order valence-corrected chi connectivity index (χ2v) is 4.68. The van der Waals surface area contributed by atoms with Crippen LogP contribution >= 0.6 is 0 Å². The van der Waals surface area contributed by atoms with Gasteiger partial charge in [-0.25, -0.2) is 0 Å². The van der Waals surface area contributed by atoms with E-state index in [0.717, 1.165) is 18.3 Å². The van der Waals surface area contributed by atoms with E-state index in [1.54, 1.807) is 0 Å². The van der Waals surface area contributed by atoms with Crippen molar-refractivity contribution >= 4 is 17.3 Å². The Bertz CT molecular complexity index is 499. The highest BCUT2D eigenvalue weighted by Crippen LogP contribution is 2.21. The summed E-state index contributed by atoms with van der Waals surface area (Å²) in [6.07, 6.45) is 3.59. The Morgan fingerprint density at radius 3 is 2.88 bits per heavy atom. The van der Waals surface area contributed by atoms with Crippen LogP contribution in [-0.2, 0) is 11.2 Å². The van der Waals surface area contributed by atoms with Crippen molar-refractivity contribution in [3.8, 4) is 0 Å². The molecule has 1 heterocycles. The van der Waals surface area contributed by atoms with Crippen LogP contribution in [0, 0.1) is 0 Å². The van der Waals surface area contributed by atoms with Gasteiger partial charge in [0.05, 0.1) is 0 Å². The average Bonchev–Trinajstić information content (AvgIpc) is 2.61. The van der Waals surface area contributed by atoms with Gasteiger partial charge in [-0.15, -0.1) is 0 Å². The van der Waals surface area contributed by atoms with E-state index < -0.39 is 0 Å². The fourth-order valence-corrected chi connectivity index (χ4v) is 1.96. The number of aromatic nitrogens is 1. The van der Waals surface area contributed by atoms with E-state index in [1.165, 1.54) is 10.9 Å². The Balaban J connectivity index is 2.31. The third-order valence-electron chi connectivity index (χ3n) is 2.76. The van der Waals surface area contributed by atoms with Crippen LogP contribution in [0.4, 0.5) is 0 Å². The van der Waals surface area contributed by atoms with Crippen LogP contribution in [0.15, 0.2) is 30.5 Å². The second-order valence-electron chi connectivity index (χ2n) is 4.68. The zero-order chi connectivity index (χ0) is 11.6. The lowest BCUT2D eigenvalue weighted by Crippen LogP contribution is -2.40. The van der Waals surface area contributed by atoms with Gasteiger partial charge in [-0.1, -0.05) is 18.2 Å². The van der Waals surface area contributed by atoms with Crippen LogP contribution in [-0.4, -0.2) is 16.9 Å². The zero-order valence-corrected chi connectivity index (χ0v) is 9.58. The van der Waals surface area contributed by atoms with Crippen molar-refractivity contribution in [1.29, 1.82) is 0 Å². The largest absolute Gasteiger partial charge is 0.361 e. The van der Waals surface area contributed by atoms with Gasteiger partial charge in [0, 0.05) is 22.6 Å². The molecule has 1 amide bonds. The van der Waals surface area contributed by atoms with E-state index in [9.17, 15) is 4.79 Å². The molecular formula is C13H16N2O. The summed E-state index contributed by atoms with van der Waals surface area (Å²) in [6, 6.07) is 8.19. The second kappa shape index (κ2) is 4.00. The molecule has 84 valence electrons. The Morgan fingerprint density at radius 2 is 2.12 bits per heavy atom. The molecule has 0 fully saturated rings. The number of H-pyrrole nitrogens is 1. The summed E-state index contributed by atoms with van der Waals surface area (Å²) < 4.78 is 0. The topological polar surface area (TPSA) is 44.9 Å². The van der Waals surface area contributed by atoms with Crippen molar-refractivity contribution in [2.24, 2.45) is 0 Å². The fourth-order valence-electron chi connectivity index (χ4n) is 1.96. The van der Waals surface area contributed by atoms with Gasteiger partial charge in [0.2, 0.25) is 6.41 Å². The number of fused-ring (bicyclic) bond motifs is 1. The fraction of sp³-hybridized carbons (Fsp3) is 0.308. The maximum atomic E-state index is 10.5. The molecule has 3 nitrogen and oxygen atoms in total. The minimum absolute atomic E-state index is 0.216. The quantitative estimate of drug-likeness (QED) is 0.756. The molecule has 0 aliphatic heterocycles. The Morgan fingerprint density at radius 1 is 1.38 bits per heavy atom. The van der Waals surface area contributed by atoms with Crippen molar-refractivity contribution < 1.29 is 4.79 Å². The van der Waals surface area contributed by atoms with Crippen LogP contribution in [0.1, 0.15) is 19.4 Å². The van der Waals surface area contributed by atoms with E-state index in [0.29, 0.717) is 0 Å². The number of hydrogen-bond donors (Lipinski definition) is 2. The summed E-state index contributed by atoms with van der Waals surface area (Å²) >= 11 is 0. The molecule has 1 aromatic carbocycles. The van der Waals surface area contributed by atoms with Gasteiger partial charge >= 0.3 is 0 Å². The molecule has 0 radical (unpaired) electrons. The van der Waals surface area contributed by atoms with Crippen molar-refractivity contribution in [2.75, 3.05) is 0 Å². The summed E-state index contributed by atoms with van der Waals surface area (Å²) in [6.45, 7) is 4.03. The molecule has 0 unspecified atom stereocenters. The molecule has 2 rings (SSSR count). The van der Waals surface area contributed by atoms with Crippen LogP contribution < -0.4 is 5.32 Å². The summed E-state index contributed by atoms with van der Waals surface area (Å²) in [5, 5.41) is 4.06. The lowest BCUT2D eigenvalue weighted by atomic mass is 9.95. The number of carbonyl (C=O) groups excluding carboxylic acids is 1. The smallest absolute Gasteiger partial charge is 0.207 e. The molecule has 0 bridgehead atoms. The standard InChI is InChI=1S/C13H16N2O/c1-13(2,15-9-16)7-10-8-14-12-6-4-3-5-11(10)12/h3-6,8-9,14H,7H2,1-2H3,(H,15,16). The van der Waals surface area contributed by atoms with Crippen LogP contribution in [0.3, 0.4) is 0 Å². The average molecular weight is 216 g/mol. The van der Waals surface area contributed by atoms with Gasteiger partial charge < -0.3 is 10.3 Å². The summed E-state index contributed by atoms with van der Waals surface area (Å²) in [5.41, 5.74) is 2.15. The third-order valence-corrected chi connectivity index (χ3v) is 2.76. The molecule has 1 aromatic heterocycles. The summed E-state index contributed by atoms with van der Waals surface area (Å²) in [5.74, 6) is 0. The Kier molecular flexibility index (Phi) is 2.69. The number of benzene rings is 1. The number of nitrogens with one attached hydrogen (secondary N) is 2. The van der Waals surface area contributed by atoms with Gasteiger partial charge in [-0.2, -0.15) is 0 Å². The van der Waals surface area contributed by atoms with Crippen LogP contribution in [0.2, 0.25) is 0 Å². The number of amides is 1. The van der Waals surface area contributed by atoms with Crippen LogP contribution in [0.5, 0.6) is 0 Å².